The number of allylic oxidation sites excluding steroid dienone is 1. The van der Waals surface area contributed by atoms with E-state index in [9.17, 15) is 14.7 Å². The predicted octanol–water partition coefficient (Wildman–Crippen LogP) is 3.77. The highest BCUT2D eigenvalue weighted by Crippen LogP contribution is 2.44. The molecule has 0 spiro atoms. The number of amides is 1. The average molecular weight is 447 g/mol. The molecule has 7 nitrogen and oxygen atoms in total. The van der Waals surface area contributed by atoms with Crippen LogP contribution in [-0.4, -0.2) is 53.8 Å². The summed E-state index contributed by atoms with van der Waals surface area (Å²) in [5.41, 5.74) is 4.22. The van der Waals surface area contributed by atoms with E-state index in [4.69, 9.17) is 9.47 Å². The molecule has 2 aromatic rings. The third-order valence-corrected chi connectivity index (χ3v) is 6.32. The van der Waals surface area contributed by atoms with Gasteiger partial charge in [0.1, 0.15) is 11.4 Å². The van der Waals surface area contributed by atoms with Gasteiger partial charge in [0.2, 0.25) is 0 Å². The fourth-order valence-electron chi connectivity index (χ4n) is 4.57. The minimum absolute atomic E-state index is 0.126. The van der Waals surface area contributed by atoms with Gasteiger partial charge in [0.05, 0.1) is 24.4 Å². The Kier molecular flexibility index (Phi) is 5.31. The number of carboxylic acid groups (broad SMARTS) is 1. The number of carboxylic acids is 1. The Bertz CT molecular complexity index is 1190. The lowest BCUT2D eigenvalue weighted by atomic mass is 9.91. The summed E-state index contributed by atoms with van der Waals surface area (Å²) in [5.74, 6) is -0.884. The van der Waals surface area contributed by atoms with Crippen LogP contribution in [0.2, 0.25) is 0 Å². The minimum atomic E-state index is -1.04. The van der Waals surface area contributed by atoms with Crippen LogP contribution < -0.4 is 5.32 Å². The summed E-state index contributed by atoms with van der Waals surface area (Å²) in [6.07, 6.45) is 1.90. The normalized spacial score (nSPS) is 21.9. The van der Waals surface area contributed by atoms with Crippen LogP contribution >= 0.6 is 0 Å². The second-order valence-corrected chi connectivity index (χ2v) is 9.01. The number of hydrogen-bond donors (Lipinski definition) is 2. The van der Waals surface area contributed by atoms with E-state index < -0.39 is 11.6 Å². The molecular formula is C26H26N2O5. The van der Waals surface area contributed by atoms with Crippen LogP contribution in [0.1, 0.15) is 40.9 Å². The third-order valence-electron chi connectivity index (χ3n) is 6.32. The number of anilines is 1. The molecule has 0 aliphatic carbocycles. The zero-order valence-corrected chi connectivity index (χ0v) is 18.7. The van der Waals surface area contributed by atoms with Gasteiger partial charge in [-0.2, -0.15) is 0 Å². The van der Waals surface area contributed by atoms with Gasteiger partial charge in [0, 0.05) is 36.5 Å². The maximum absolute atomic E-state index is 12.7. The molecule has 33 heavy (non-hydrogen) atoms. The molecule has 7 heteroatoms. The molecule has 0 saturated carbocycles. The lowest BCUT2D eigenvalue weighted by Crippen LogP contribution is -2.35. The van der Waals surface area contributed by atoms with Gasteiger partial charge >= 0.3 is 5.97 Å². The summed E-state index contributed by atoms with van der Waals surface area (Å²) in [6, 6.07) is 13.0. The molecule has 3 aliphatic rings. The zero-order chi connectivity index (χ0) is 23.2. The first-order valence-corrected chi connectivity index (χ1v) is 11.1. The van der Waals surface area contributed by atoms with Crippen LogP contribution in [0.25, 0.3) is 11.1 Å². The molecule has 1 saturated heterocycles. The number of benzene rings is 2. The van der Waals surface area contributed by atoms with Gasteiger partial charge < -0.3 is 19.9 Å². The standard InChI is InChI=1S/C26H26N2O5/c1-26(2)20(17-5-3-16(4-6-17)15-28-9-11-32-12-10-28)14-22(33-26)23-19-13-18(25(30)31)7-8-21(19)27-24(23)29/h3-8,13-14H,9-12,15H2,1-2H3,(H,27,29)(H,30,31). The summed E-state index contributed by atoms with van der Waals surface area (Å²) in [6.45, 7) is 8.26. The number of aromatic carboxylic acids is 1. The number of morpholine rings is 1. The molecule has 1 fully saturated rings. The van der Waals surface area contributed by atoms with Gasteiger partial charge in [-0.1, -0.05) is 24.3 Å². The Morgan fingerprint density at radius 1 is 1.12 bits per heavy atom. The van der Waals surface area contributed by atoms with E-state index in [1.807, 2.05) is 19.9 Å². The SMILES string of the molecule is CC1(C)OC(=C2C(=O)Nc3ccc(C(=O)O)cc32)C=C1c1ccc(CN2CCOCC2)cc1. The summed E-state index contributed by atoms with van der Waals surface area (Å²) in [7, 11) is 0. The van der Waals surface area contributed by atoms with Gasteiger partial charge in [0.15, 0.2) is 0 Å². The monoisotopic (exact) mass is 446 g/mol. The Labute approximate surface area is 192 Å². The van der Waals surface area contributed by atoms with E-state index >= 15 is 0 Å². The first-order valence-electron chi connectivity index (χ1n) is 11.1. The maximum Gasteiger partial charge on any atom is 0.335 e. The molecule has 170 valence electrons. The second kappa shape index (κ2) is 8.17. The van der Waals surface area contributed by atoms with Crippen molar-refractivity contribution in [2.45, 2.75) is 26.0 Å². The maximum atomic E-state index is 12.7. The molecular weight excluding hydrogens is 420 g/mol. The predicted molar refractivity (Wildman–Crippen MR) is 125 cm³/mol. The molecule has 5 rings (SSSR count). The molecule has 0 atom stereocenters. The van der Waals surface area contributed by atoms with Crippen molar-refractivity contribution in [3.05, 3.63) is 76.6 Å². The number of ether oxygens (including phenoxy) is 2. The molecule has 0 aromatic heterocycles. The van der Waals surface area contributed by atoms with Crippen LogP contribution in [0.15, 0.2) is 54.3 Å². The van der Waals surface area contributed by atoms with E-state index in [0.29, 0.717) is 22.6 Å². The number of carbonyl (C=O) groups is 2. The Balaban J connectivity index is 1.47. The van der Waals surface area contributed by atoms with Gasteiger partial charge in [-0.3, -0.25) is 9.69 Å². The quantitative estimate of drug-likeness (QED) is 0.695. The summed E-state index contributed by atoms with van der Waals surface area (Å²) in [4.78, 5) is 26.6. The second-order valence-electron chi connectivity index (χ2n) is 9.01. The van der Waals surface area contributed by atoms with Crippen LogP contribution in [0, 0.1) is 0 Å². The van der Waals surface area contributed by atoms with Crippen molar-refractivity contribution >= 4 is 28.7 Å². The Morgan fingerprint density at radius 2 is 1.85 bits per heavy atom. The number of fused-ring (bicyclic) bond motifs is 1. The molecule has 3 heterocycles. The van der Waals surface area contributed by atoms with Gasteiger partial charge in [-0.05, 0) is 49.2 Å². The average Bonchev–Trinajstić information content (AvgIpc) is 3.29. The lowest BCUT2D eigenvalue weighted by molar-refractivity contribution is -0.111. The van der Waals surface area contributed by atoms with Crippen LogP contribution in [0.3, 0.4) is 0 Å². The van der Waals surface area contributed by atoms with Crippen molar-refractivity contribution in [2.24, 2.45) is 0 Å². The largest absolute Gasteiger partial charge is 0.482 e. The first kappa shape index (κ1) is 21.4. The summed E-state index contributed by atoms with van der Waals surface area (Å²) in [5, 5.41) is 12.2. The van der Waals surface area contributed by atoms with E-state index in [-0.39, 0.29) is 11.5 Å². The van der Waals surface area contributed by atoms with Gasteiger partial charge in [-0.15, -0.1) is 0 Å². The fraction of sp³-hybridized carbons (Fsp3) is 0.308. The number of rotatable bonds is 4. The first-order chi connectivity index (χ1) is 15.8. The smallest absolute Gasteiger partial charge is 0.335 e. The van der Waals surface area contributed by atoms with Crippen molar-refractivity contribution in [3.8, 4) is 0 Å². The Morgan fingerprint density at radius 3 is 2.55 bits per heavy atom. The molecule has 0 radical (unpaired) electrons. The molecule has 2 aromatic carbocycles. The molecule has 2 N–H and O–H groups in total. The zero-order valence-electron chi connectivity index (χ0n) is 18.7. The molecule has 3 aliphatic heterocycles. The van der Waals surface area contributed by atoms with Gasteiger partial charge in [0.25, 0.3) is 5.91 Å². The van der Waals surface area contributed by atoms with E-state index in [0.717, 1.165) is 44.0 Å². The van der Waals surface area contributed by atoms with Crippen molar-refractivity contribution in [3.63, 3.8) is 0 Å². The summed E-state index contributed by atoms with van der Waals surface area (Å²) >= 11 is 0. The van der Waals surface area contributed by atoms with Crippen molar-refractivity contribution in [1.29, 1.82) is 0 Å². The number of hydrogen-bond acceptors (Lipinski definition) is 5. The fourth-order valence-corrected chi connectivity index (χ4v) is 4.57. The highest BCUT2D eigenvalue weighted by molar-refractivity contribution is 6.32. The van der Waals surface area contributed by atoms with E-state index in [1.54, 1.807) is 6.07 Å². The third kappa shape index (κ3) is 4.05. The van der Waals surface area contributed by atoms with E-state index in [1.165, 1.54) is 17.7 Å². The topological polar surface area (TPSA) is 88.1 Å². The Hall–Kier alpha value is -3.42. The van der Waals surface area contributed by atoms with Gasteiger partial charge in [-0.25, -0.2) is 4.79 Å². The highest BCUT2D eigenvalue weighted by atomic mass is 16.5. The van der Waals surface area contributed by atoms with Crippen molar-refractivity contribution in [2.75, 3.05) is 31.6 Å². The molecule has 1 amide bonds. The number of nitrogens with one attached hydrogen (secondary N) is 1. The van der Waals surface area contributed by atoms with Crippen molar-refractivity contribution in [1.82, 2.24) is 4.90 Å². The van der Waals surface area contributed by atoms with E-state index in [2.05, 4.69) is 34.5 Å². The minimum Gasteiger partial charge on any atom is -0.482 e. The lowest BCUT2D eigenvalue weighted by Gasteiger charge is -2.27. The number of nitrogens with zero attached hydrogens (tertiary/aromatic N) is 1. The highest BCUT2D eigenvalue weighted by Gasteiger charge is 2.38. The van der Waals surface area contributed by atoms with Crippen LogP contribution in [0.5, 0.6) is 0 Å². The summed E-state index contributed by atoms with van der Waals surface area (Å²) < 4.78 is 11.7. The molecule has 0 unspecified atom stereocenters. The molecule has 0 bridgehead atoms. The van der Waals surface area contributed by atoms with Crippen LogP contribution in [-0.2, 0) is 20.8 Å². The number of carbonyl (C=O) groups excluding carboxylic acids is 1. The van der Waals surface area contributed by atoms with Crippen molar-refractivity contribution < 1.29 is 24.2 Å². The van der Waals surface area contributed by atoms with Crippen LogP contribution in [0.4, 0.5) is 5.69 Å².